The minimum absolute atomic E-state index is 0.218. The van der Waals surface area contributed by atoms with Crippen LogP contribution in [0.3, 0.4) is 0 Å². The molecule has 1 atom stereocenters. The van der Waals surface area contributed by atoms with Gasteiger partial charge in [0.15, 0.2) is 11.5 Å². The molecule has 0 radical (unpaired) electrons. The molecule has 98 valence electrons. The summed E-state index contributed by atoms with van der Waals surface area (Å²) in [7, 11) is 3.24. The molecule has 0 unspecified atom stereocenters. The lowest BCUT2D eigenvalue weighted by molar-refractivity contribution is 0.290. The Balaban J connectivity index is 2.37. The van der Waals surface area contributed by atoms with Crippen molar-refractivity contribution in [2.45, 2.75) is 19.9 Å². The molecule has 1 aromatic rings. The van der Waals surface area contributed by atoms with Crippen LogP contribution in [0.1, 0.15) is 19.4 Å². The van der Waals surface area contributed by atoms with E-state index in [1.807, 2.05) is 18.2 Å². The maximum atomic E-state index is 5.67. The topological polar surface area (TPSA) is 40.0 Å². The number of methoxy groups -OCH3 is 2. The van der Waals surface area contributed by atoms with Gasteiger partial charge in [0.25, 0.3) is 0 Å². The Bertz CT molecular complexity index is 454. The van der Waals surface area contributed by atoms with Crippen LogP contribution in [0, 0.1) is 5.92 Å². The summed E-state index contributed by atoms with van der Waals surface area (Å²) in [6.07, 6.45) is 0. The van der Waals surface area contributed by atoms with Crippen LogP contribution in [0.4, 0.5) is 0 Å². The second-order valence-corrected chi connectivity index (χ2v) is 4.60. The SMILES string of the molecule is COc1cccc(C2=N[C@@H](C(C)C)CO2)c1OC. The molecule has 1 aliphatic heterocycles. The van der Waals surface area contributed by atoms with Crippen LogP contribution in [0.25, 0.3) is 0 Å². The Kier molecular flexibility index (Phi) is 3.75. The lowest BCUT2D eigenvalue weighted by atomic mass is 10.1. The molecule has 0 saturated carbocycles. The van der Waals surface area contributed by atoms with Crippen LogP contribution in [-0.4, -0.2) is 32.8 Å². The number of aliphatic imine (C=N–C) groups is 1. The summed E-state index contributed by atoms with van der Waals surface area (Å²) in [5.74, 6) is 2.47. The molecule has 0 amide bonds. The van der Waals surface area contributed by atoms with Crippen LogP contribution >= 0.6 is 0 Å². The molecule has 0 N–H and O–H groups in total. The van der Waals surface area contributed by atoms with E-state index in [-0.39, 0.29) is 6.04 Å². The van der Waals surface area contributed by atoms with Crippen LogP contribution < -0.4 is 9.47 Å². The molecular weight excluding hydrogens is 230 g/mol. The van der Waals surface area contributed by atoms with Crippen molar-refractivity contribution in [1.29, 1.82) is 0 Å². The fourth-order valence-electron chi connectivity index (χ4n) is 1.93. The third-order valence-electron chi connectivity index (χ3n) is 3.08. The van der Waals surface area contributed by atoms with Gasteiger partial charge < -0.3 is 14.2 Å². The van der Waals surface area contributed by atoms with E-state index in [2.05, 4.69) is 18.8 Å². The van der Waals surface area contributed by atoms with Gasteiger partial charge in [-0.2, -0.15) is 0 Å². The number of rotatable bonds is 4. The van der Waals surface area contributed by atoms with Gasteiger partial charge in [-0.3, -0.25) is 0 Å². The molecule has 2 rings (SSSR count). The third kappa shape index (κ3) is 2.28. The number of para-hydroxylation sites is 1. The molecule has 0 saturated heterocycles. The van der Waals surface area contributed by atoms with Crippen LogP contribution in [-0.2, 0) is 4.74 Å². The van der Waals surface area contributed by atoms with E-state index in [1.54, 1.807) is 14.2 Å². The fraction of sp³-hybridized carbons (Fsp3) is 0.500. The van der Waals surface area contributed by atoms with Crippen molar-refractivity contribution in [2.75, 3.05) is 20.8 Å². The summed E-state index contributed by atoms with van der Waals surface area (Å²) in [6.45, 7) is 4.92. The zero-order valence-electron chi connectivity index (χ0n) is 11.3. The molecule has 18 heavy (non-hydrogen) atoms. The second-order valence-electron chi connectivity index (χ2n) is 4.60. The van der Waals surface area contributed by atoms with E-state index in [9.17, 15) is 0 Å². The standard InChI is InChI=1S/C14H19NO3/c1-9(2)11-8-18-14(15-11)10-6-5-7-12(16-3)13(10)17-4/h5-7,9,11H,8H2,1-4H3/t11-/m1/s1. The molecular formula is C14H19NO3. The van der Waals surface area contributed by atoms with Gasteiger partial charge in [-0.1, -0.05) is 19.9 Å². The molecule has 0 aromatic heterocycles. The smallest absolute Gasteiger partial charge is 0.220 e. The van der Waals surface area contributed by atoms with E-state index in [1.165, 1.54) is 0 Å². The number of benzene rings is 1. The van der Waals surface area contributed by atoms with Gasteiger partial charge in [-0.05, 0) is 18.1 Å². The minimum atomic E-state index is 0.218. The third-order valence-corrected chi connectivity index (χ3v) is 3.08. The first-order valence-corrected chi connectivity index (χ1v) is 6.09. The number of hydrogen-bond acceptors (Lipinski definition) is 4. The lowest BCUT2D eigenvalue weighted by Crippen LogP contribution is -2.13. The zero-order valence-corrected chi connectivity index (χ0v) is 11.3. The summed E-state index contributed by atoms with van der Waals surface area (Å²) in [4.78, 5) is 4.60. The summed E-state index contributed by atoms with van der Waals surface area (Å²) in [6, 6.07) is 5.92. The second kappa shape index (κ2) is 5.29. The Morgan fingerprint density at radius 1 is 1.28 bits per heavy atom. The van der Waals surface area contributed by atoms with Crippen LogP contribution in [0.5, 0.6) is 11.5 Å². The molecule has 0 aliphatic carbocycles. The van der Waals surface area contributed by atoms with E-state index in [0.29, 0.717) is 29.9 Å². The van der Waals surface area contributed by atoms with E-state index in [0.717, 1.165) is 5.56 Å². The molecule has 0 bridgehead atoms. The molecule has 0 spiro atoms. The largest absolute Gasteiger partial charge is 0.493 e. The van der Waals surface area contributed by atoms with Crippen molar-refractivity contribution in [3.8, 4) is 11.5 Å². The van der Waals surface area contributed by atoms with Crippen LogP contribution in [0.15, 0.2) is 23.2 Å². The van der Waals surface area contributed by atoms with Crippen molar-refractivity contribution in [1.82, 2.24) is 0 Å². The summed E-state index contributed by atoms with van der Waals surface area (Å²) in [5.41, 5.74) is 0.847. The summed E-state index contributed by atoms with van der Waals surface area (Å²) in [5, 5.41) is 0. The molecule has 4 heteroatoms. The number of nitrogens with zero attached hydrogens (tertiary/aromatic N) is 1. The van der Waals surface area contributed by atoms with Crippen molar-refractivity contribution in [3.63, 3.8) is 0 Å². The highest BCUT2D eigenvalue weighted by molar-refractivity contribution is 5.98. The first-order valence-electron chi connectivity index (χ1n) is 6.09. The van der Waals surface area contributed by atoms with E-state index >= 15 is 0 Å². The van der Waals surface area contributed by atoms with E-state index in [4.69, 9.17) is 14.2 Å². The van der Waals surface area contributed by atoms with Crippen molar-refractivity contribution in [2.24, 2.45) is 10.9 Å². The van der Waals surface area contributed by atoms with Crippen molar-refractivity contribution in [3.05, 3.63) is 23.8 Å². The van der Waals surface area contributed by atoms with Gasteiger partial charge in [0.1, 0.15) is 6.61 Å². The molecule has 4 nitrogen and oxygen atoms in total. The van der Waals surface area contributed by atoms with E-state index < -0.39 is 0 Å². The lowest BCUT2D eigenvalue weighted by Gasteiger charge is -2.11. The van der Waals surface area contributed by atoms with Gasteiger partial charge >= 0.3 is 0 Å². The highest BCUT2D eigenvalue weighted by Gasteiger charge is 2.25. The van der Waals surface area contributed by atoms with Gasteiger partial charge in [-0.15, -0.1) is 0 Å². The summed E-state index contributed by atoms with van der Waals surface area (Å²) < 4.78 is 16.3. The first-order chi connectivity index (χ1) is 8.67. The van der Waals surface area contributed by atoms with Crippen molar-refractivity contribution < 1.29 is 14.2 Å². The Labute approximate surface area is 108 Å². The van der Waals surface area contributed by atoms with Gasteiger partial charge in [0.2, 0.25) is 5.90 Å². The number of hydrogen-bond donors (Lipinski definition) is 0. The predicted molar refractivity (Wildman–Crippen MR) is 70.7 cm³/mol. The maximum absolute atomic E-state index is 5.67. The van der Waals surface area contributed by atoms with Gasteiger partial charge in [0.05, 0.1) is 25.8 Å². The monoisotopic (exact) mass is 249 g/mol. The average molecular weight is 249 g/mol. The predicted octanol–water partition coefficient (Wildman–Crippen LogP) is 2.51. The van der Waals surface area contributed by atoms with Crippen molar-refractivity contribution >= 4 is 5.90 Å². The van der Waals surface area contributed by atoms with Gasteiger partial charge in [0, 0.05) is 0 Å². The Hall–Kier alpha value is -1.71. The Morgan fingerprint density at radius 3 is 2.61 bits per heavy atom. The highest BCUT2D eigenvalue weighted by atomic mass is 16.5. The highest BCUT2D eigenvalue weighted by Crippen LogP contribution is 2.32. The normalized spacial score (nSPS) is 18.5. The first kappa shape index (κ1) is 12.7. The number of ether oxygens (including phenoxy) is 3. The zero-order chi connectivity index (χ0) is 13.1. The van der Waals surface area contributed by atoms with Gasteiger partial charge in [-0.25, -0.2) is 4.99 Å². The molecule has 1 heterocycles. The fourth-order valence-corrected chi connectivity index (χ4v) is 1.93. The minimum Gasteiger partial charge on any atom is -0.493 e. The molecule has 0 fully saturated rings. The summed E-state index contributed by atoms with van der Waals surface area (Å²) >= 11 is 0. The maximum Gasteiger partial charge on any atom is 0.220 e. The quantitative estimate of drug-likeness (QED) is 0.823. The average Bonchev–Trinajstić information content (AvgIpc) is 2.87. The Morgan fingerprint density at radius 2 is 2.06 bits per heavy atom. The van der Waals surface area contributed by atoms with Crippen LogP contribution in [0.2, 0.25) is 0 Å². The molecule has 1 aliphatic rings. The molecule has 1 aromatic carbocycles.